The van der Waals surface area contributed by atoms with Gasteiger partial charge in [0.25, 0.3) is 0 Å². The summed E-state index contributed by atoms with van der Waals surface area (Å²) in [5, 5.41) is 6.04. The molecule has 0 saturated heterocycles. The molecule has 0 unspecified atom stereocenters. The number of para-hydroxylation sites is 1. The van der Waals surface area contributed by atoms with Crippen LogP contribution in [0.5, 0.6) is 11.5 Å². The molecule has 0 aliphatic carbocycles. The molecule has 0 atom stereocenters. The lowest BCUT2D eigenvalue weighted by atomic mass is 10.2. The zero-order chi connectivity index (χ0) is 19.5. The third kappa shape index (κ3) is 3.71. The summed E-state index contributed by atoms with van der Waals surface area (Å²) in [4.78, 5) is 13.5. The van der Waals surface area contributed by atoms with Gasteiger partial charge in [0, 0.05) is 17.8 Å². The molecule has 4 rings (SSSR count). The van der Waals surface area contributed by atoms with E-state index in [0.717, 1.165) is 27.9 Å². The molecule has 7 nitrogen and oxygen atoms in total. The number of thiazole rings is 1. The highest BCUT2D eigenvalue weighted by molar-refractivity contribution is 9.09. The Kier molecular flexibility index (Phi) is 5.79. The standard InChI is InChI=1S/C18H15Br2N5O2S/c1-11-16(25-7-3-6-21-17(25)22-11)12-8-28-18(23-12)24-15-13(26-9-19)4-2-5-14(15)27-10-20/h2-8H,9-10H2,1H3,(H,23,24). The van der Waals surface area contributed by atoms with Crippen molar-refractivity contribution in [2.24, 2.45) is 0 Å². The quantitative estimate of drug-likeness (QED) is 0.328. The highest BCUT2D eigenvalue weighted by atomic mass is 79.9. The van der Waals surface area contributed by atoms with Crippen LogP contribution in [-0.4, -0.2) is 30.4 Å². The maximum Gasteiger partial charge on any atom is 0.234 e. The van der Waals surface area contributed by atoms with Crippen LogP contribution in [0.1, 0.15) is 5.69 Å². The average molecular weight is 525 g/mol. The number of nitrogens with one attached hydrogen (secondary N) is 1. The summed E-state index contributed by atoms with van der Waals surface area (Å²) in [6.07, 6.45) is 3.66. The Bertz CT molecular complexity index is 1090. The van der Waals surface area contributed by atoms with E-state index in [0.29, 0.717) is 28.3 Å². The Morgan fingerprint density at radius 3 is 2.57 bits per heavy atom. The molecule has 0 aliphatic rings. The maximum atomic E-state index is 5.67. The number of benzene rings is 1. The maximum absolute atomic E-state index is 5.67. The number of nitrogens with zero attached hydrogens (tertiary/aromatic N) is 4. The second-order valence-corrected chi connectivity index (χ2v) is 7.41. The Labute approximate surface area is 182 Å². The van der Waals surface area contributed by atoms with Gasteiger partial charge in [-0.25, -0.2) is 15.0 Å². The fraction of sp³-hybridized carbons (Fsp3) is 0.167. The number of fused-ring (bicyclic) bond motifs is 1. The Morgan fingerprint density at radius 2 is 1.86 bits per heavy atom. The van der Waals surface area contributed by atoms with Crippen LogP contribution >= 0.6 is 43.2 Å². The summed E-state index contributed by atoms with van der Waals surface area (Å²) >= 11 is 8.10. The number of alkyl halides is 2. The first-order valence-electron chi connectivity index (χ1n) is 8.24. The number of aromatic nitrogens is 4. The number of rotatable bonds is 7. The fourth-order valence-electron chi connectivity index (χ4n) is 2.85. The van der Waals surface area contributed by atoms with Gasteiger partial charge in [-0.15, -0.1) is 11.3 Å². The van der Waals surface area contributed by atoms with E-state index in [4.69, 9.17) is 14.5 Å². The molecule has 1 N–H and O–H groups in total. The lowest BCUT2D eigenvalue weighted by Crippen LogP contribution is -2.00. The van der Waals surface area contributed by atoms with E-state index in [1.54, 1.807) is 6.20 Å². The van der Waals surface area contributed by atoms with Gasteiger partial charge in [0.1, 0.15) is 33.9 Å². The van der Waals surface area contributed by atoms with Gasteiger partial charge in [-0.2, -0.15) is 0 Å². The Morgan fingerprint density at radius 1 is 1.11 bits per heavy atom. The Hall–Kier alpha value is -2.17. The predicted octanol–water partition coefficient (Wildman–Crippen LogP) is 5.37. The van der Waals surface area contributed by atoms with Gasteiger partial charge in [-0.1, -0.05) is 6.07 Å². The number of hydrogen-bond acceptors (Lipinski definition) is 7. The van der Waals surface area contributed by atoms with Crippen molar-refractivity contribution in [3.05, 3.63) is 47.7 Å². The predicted molar refractivity (Wildman–Crippen MR) is 117 cm³/mol. The molecule has 144 valence electrons. The smallest absolute Gasteiger partial charge is 0.234 e. The van der Waals surface area contributed by atoms with E-state index in [2.05, 4.69) is 47.1 Å². The number of ether oxygens (including phenoxy) is 2. The largest absolute Gasteiger partial charge is 0.480 e. The minimum absolute atomic E-state index is 0.372. The fourth-order valence-corrected chi connectivity index (χ4v) is 4.04. The van der Waals surface area contributed by atoms with Gasteiger partial charge < -0.3 is 14.8 Å². The van der Waals surface area contributed by atoms with Crippen molar-refractivity contribution in [1.82, 2.24) is 19.4 Å². The van der Waals surface area contributed by atoms with Crippen molar-refractivity contribution in [3.63, 3.8) is 0 Å². The highest BCUT2D eigenvalue weighted by Gasteiger charge is 2.17. The number of imidazole rings is 1. The molecule has 1 aromatic carbocycles. The van der Waals surface area contributed by atoms with Crippen LogP contribution in [0.2, 0.25) is 0 Å². The number of halogens is 2. The second kappa shape index (κ2) is 8.46. The molecule has 3 heterocycles. The summed E-state index contributed by atoms with van der Waals surface area (Å²) in [6, 6.07) is 7.50. The van der Waals surface area contributed by atoms with Crippen molar-refractivity contribution in [2.75, 3.05) is 16.3 Å². The Balaban J connectivity index is 1.70. The van der Waals surface area contributed by atoms with Crippen molar-refractivity contribution in [3.8, 4) is 22.9 Å². The first-order valence-corrected chi connectivity index (χ1v) is 11.4. The minimum Gasteiger partial charge on any atom is -0.480 e. The SMILES string of the molecule is Cc1nc2ncccn2c1-c1csc(Nc2c(OCBr)cccc2OCBr)n1. The third-order valence-corrected chi connectivity index (χ3v) is 5.18. The monoisotopic (exact) mass is 523 g/mol. The van der Waals surface area contributed by atoms with E-state index in [1.807, 2.05) is 47.2 Å². The van der Waals surface area contributed by atoms with Crippen LogP contribution in [0, 0.1) is 6.92 Å². The topological polar surface area (TPSA) is 73.6 Å². The lowest BCUT2D eigenvalue weighted by Gasteiger charge is -2.14. The van der Waals surface area contributed by atoms with E-state index >= 15 is 0 Å². The third-order valence-electron chi connectivity index (χ3n) is 3.96. The highest BCUT2D eigenvalue weighted by Crippen LogP contribution is 2.39. The summed E-state index contributed by atoms with van der Waals surface area (Å²) in [5.41, 5.74) is 4.09. The van der Waals surface area contributed by atoms with Gasteiger partial charge in [0.05, 0.1) is 11.4 Å². The average Bonchev–Trinajstić information content (AvgIpc) is 3.27. The van der Waals surface area contributed by atoms with Gasteiger partial charge >= 0.3 is 0 Å². The molecular formula is C18H15Br2N5O2S. The summed E-state index contributed by atoms with van der Waals surface area (Å²) in [5.74, 6) is 1.99. The zero-order valence-electron chi connectivity index (χ0n) is 14.7. The van der Waals surface area contributed by atoms with E-state index < -0.39 is 0 Å². The van der Waals surface area contributed by atoms with Gasteiger partial charge in [-0.05, 0) is 57.0 Å². The summed E-state index contributed by atoms with van der Waals surface area (Å²) in [7, 11) is 0. The summed E-state index contributed by atoms with van der Waals surface area (Å²) in [6.45, 7) is 1.96. The minimum atomic E-state index is 0.372. The van der Waals surface area contributed by atoms with Crippen LogP contribution in [-0.2, 0) is 0 Å². The van der Waals surface area contributed by atoms with E-state index in [-0.39, 0.29) is 0 Å². The molecule has 0 amide bonds. The summed E-state index contributed by atoms with van der Waals surface area (Å²) < 4.78 is 13.3. The molecule has 28 heavy (non-hydrogen) atoms. The van der Waals surface area contributed by atoms with Gasteiger partial charge in [0.15, 0.2) is 5.13 Å². The molecular weight excluding hydrogens is 510 g/mol. The van der Waals surface area contributed by atoms with Crippen LogP contribution < -0.4 is 14.8 Å². The first-order chi connectivity index (χ1) is 13.7. The zero-order valence-corrected chi connectivity index (χ0v) is 18.7. The molecule has 0 fully saturated rings. The molecule has 0 radical (unpaired) electrons. The van der Waals surface area contributed by atoms with Crippen LogP contribution in [0.15, 0.2) is 42.0 Å². The van der Waals surface area contributed by atoms with E-state index in [9.17, 15) is 0 Å². The molecule has 0 spiro atoms. The molecule has 3 aromatic heterocycles. The van der Waals surface area contributed by atoms with Gasteiger partial charge in [-0.3, -0.25) is 4.40 Å². The van der Waals surface area contributed by atoms with Crippen molar-refractivity contribution >= 4 is 59.8 Å². The molecule has 4 aromatic rings. The van der Waals surface area contributed by atoms with Crippen LogP contribution in [0.4, 0.5) is 10.8 Å². The number of aryl methyl sites for hydroxylation is 1. The molecule has 0 bridgehead atoms. The molecule has 0 aliphatic heterocycles. The first kappa shape index (κ1) is 19.2. The second-order valence-electron chi connectivity index (χ2n) is 5.63. The van der Waals surface area contributed by atoms with Crippen LogP contribution in [0.25, 0.3) is 17.2 Å². The van der Waals surface area contributed by atoms with Crippen LogP contribution in [0.3, 0.4) is 0 Å². The van der Waals surface area contributed by atoms with Crippen molar-refractivity contribution in [2.45, 2.75) is 6.92 Å². The number of anilines is 2. The molecule has 10 heteroatoms. The van der Waals surface area contributed by atoms with Crippen molar-refractivity contribution < 1.29 is 9.47 Å². The van der Waals surface area contributed by atoms with E-state index in [1.165, 1.54) is 11.3 Å². The normalized spacial score (nSPS) is 11.0. The number of hydrogen-bond donors (Lipinski definition) is 1. The lowest BCUT2D eigenvalue weighted by molar-refractivity contribution is 0.382. The molecule has 0 saturated carbocycles. The van der Waals surface area contributed by atoms with Gasteiger partial charge in [0.2, 0.25) is 5.78 Å². The van der Waals surface area contributed by atoms with Crippen molar-refractivity contribution in [1.29, 1.82) is 0 Å².